The van der Waals surface area contributed by atoms with Crippen LogP contribution in [0.15, 0.2) is 53.4 Å². The van der Waals surface area contributed by atoms with Gasteiger partial charge in [-0.2, -0.15) is 8.42 Å². The molecule has 0 unspecified atom stereocenters. The van der Waals surface area contributed by atoms with Crippen LogP contribution in [0.25, 0.3) is 0 Å². The summed E-state index contributed by atoms with van der Waals surface area (Å²) < 4.78 is 29.6. The fourth-order valence-electron chi connectivity index (χ4n) is 2.05. The van der Waals surface area contributed by atoms with Gasteiger partial charge in [0.1, 0.15) is 10.6 Å². The molecule has 0 fully saturated rings. The van der Waals surface area contributed by atoms with Crippen molar-refractivity contribution in [3.05, 3.63) is 59.7 Å². The normalized spacial score (nSPS) is 11.2. The molecule has 2 aromatic rings. The zero-order valence-corrected chi connectivity index (χ0v) is 13.4. The average molecular weight is 318 g/mol. The Morgan fingerprint density at radius 2 is 1.77 bits per heavy atom. The van der Waals surface area contributed by atoms with E-state index in [1.54, 1.807) is 24.3 Å². The van der Waals surface area contributed by atoms with E-state index >= 15 is 0 Å². The molecule has 0 amide bonds. The maximum absolute atomic E-state index is 12.2. The third-order valence-electron chi connectivity index (χ3n) is 3.20. The summed E-state index contributed by atoms with van der Waals surface area (Å²) in [6.45, 7) is 3.48. The van der Waals surface area contributed by atoms with Crippen molar-refractivity contribution in [2.75, 3.05) is 0 Å². The minimum atomic E-state index is -3.90. The van der Waals surface area contributed by atoms with Gasteiger partial charge in [0.05, 0.1) is 0 Å². The quantitative estimate of drug-likeness (QED) is 0.603. The molecule has 116 valence electrons. The number of carbonyl (C=O) groups is 1. The summed E-state index contributed by atoms with van der Waals surface area (Å²) in [6, 6.07) is 12.8. The SMILES string of the molecule is CCCc1ccc(S(=O)(=O)Oc2cccc(C(C)=O)c2)cc1. The van der Waals surface area contributed by atoms with E-state index < -0.39 is 10.1 Å². The molecule has 0 aliphatic carbocycles. The fraction of sp³-hybridized carbons (Fsp3) is 0.235. The van der Waals surface area contributed by atoms with Crippen molar-refractivity contribution in [1.82, 2.24) is 0 Å². The first-order valence-electron chi connectivity index (χ1n) is 7.07. The first-order valence-corrected chi connectivity index (χ1v) is 8.47. The van der Waals surface area contributed by atoms with E-state index in [2.05, 4.69) is 6.92 Å². The summed E-state index contributed by atoms with van der Waals surface area (Å²) in [5.74, 6) is -0.0166. The molecule has 0 N–H and O–H groups in total. The Labute approximate surface area is 130 Å². The number of carbonyl (C=O) groups excluding carboxylic acids is 1. The van der Waals surface area contributed by atoms with Gasteiger partial charge in [-0.05, 0) is 43.2 Å². The standard InChI is InChI=1S/C17H18O4S/c1-3-5-14-8-10-17(11-9-14)22(19,20)21-16-7-4-6-15(12-16)13(2)18/h4,6-12H,3,5H2,1-2H3. The highest BCUT2D eigenvalue weighted by molar-refractivity contribution is 7.87. The van der Waals surface area contributed by atoms with Crippen LogP contribution >= 0.6 is 0 Å². The number of hydrogen-bond acceptors (Lipinski definition) is 4. The molecule has 2 rings (SSSR count). The van der Waals surface area contributed by atoms with Crippen molar-refractivity contribution in [1.29, 1.82) is 0 Å². The van der Waals surface area contributed by atoms with Gasteiger partial charge in [-0.3, -0.25) is 4.79 Å². The monoisotopic (exact) mass is 318 g/mol. The minimum absolute atomic E-state index is 0.0978. The number of rotatable bonds is 6. The van der Waals surface area contributed by atoms with Crippen LogP contribution in [0.3, 0.4) is 0 Å². The molecule has 0 bridgehead atoms. The Hall–Kier alpha value is -2.14. The lowest BCUT2D eigenvalue weighted by atomic mass is 10.1. The minimum Gasteiger partial charge on any atom is -0.379 e. The van der Waals surface area contributed by atoms with E-state index in [1.165, 1.54) is 31.2 Å². The van der Waals surface area contributed by atoms with E-state index in [0.717, 1.165) is 18.4 Å². The second-order valence-electron chi connectivity index (χ2n) is 5.02. The van der Waals surface area contributed by atoms with Gasteiger partial charge < -0.3 is 4.18 Å². The van der Waals surface area contributed by atoms with Crippen LogP contribution in [0.1, 0.15) is 36.2 Å². The summed E-state index contributed by atoms with van der Waals surface area (Å²) in [4.78, 5) is 11.4. The first kappa shape index (κ1) is 16.2. The molecule has 0 radical (unpaired) electrons. The number of benzene rings is 2. The predicted molar refractivity (Wildman–Crippen MR) is 84.7 cm³/mol. The average Bonchev–Trinajstić information content (AvgIpc) is 2.48. The largest absolute Gasteiger partial charge is 0.379 e. The Bertz CT molecular complexity index is 762. The van der Waals surface area contributed by atoms with Gasteiger partial charge in [0.2, 0.25) is 0 Å². The van der Waals surface area contributed by atoms with Crippen molar-refractivity contribution in [2.24, 2.45) is 0 Å². The highest BCUT2D eigenvalue weighted by Gasteiger charge is 2.17. The van der Waals surface area contributed by atoms with Crippen molar-refractivity contribution in [2.45, 2.75) is 31.6 Å². The van der Waals surface area contributed by atoms with Crippen molar-refractivity contribution < 1.29 is 17.4 Å². The summed E-state index contributed by atoms with van der Waals surface area (Å²) in [6.07, 6.45) is 1.91. The number of Topliss-reactive ketones (excluding diaryl/α,β-unsaturated/α-hetero) is 1. The summed E-state index contributed by atoms with van der Waals surface area (Å²) >= 11 is 0. The Balaban J connectivity index is 2.23. The Morgan fingerprint density at radius 3 is 2.36 bits per heavy atom. The maximum atomic E-state index is 12.2. The van der Waals surface area contributed by atoms with Crippen molar-refractivity contribution in [3.63, 3.8) is 0 Å². The van der Waals surface area contributed by atoms with Crippen LogP contribution in [0.5, 0.6) is 5.75 Å². The lowest BCUT2D eigenvalue weighted by Crippen LogP contribution is -2.10. The Kier molecular flexibility index (Phi) is 4.98. The van der Waals surface area contributed by atoms with Gasteiger partial charge in [-0.1, -0.05) is 37.6 Å². The molecule has 0 atom stereocenters. The number of ketones is 1. The second kappa shape index (κ2) is 6.75. The van der Waals surface area contributed by atoms with Gasteiger partial charge in [0.15, 0.2) is 5.78 Å². The topological polar surface area (TPSA) is 60.4 Å². The zero-order chi connectivity index (χ0) is 16.2. The number of aryl methyl sites for hydroxylation is 1. The molecule has 0 saturated heterocycles. The molecule has 4 nitrogen and oxygen atoms in total. The maximum Gasteiger partial charge on any atom is 0.339 e. The Morgan fingerprint density at radius 1 is 1.09 bits per heavy atom. The summed E-state index contributed by atoms with van der Waals surface area (Å²) in [7, 11) is -3.90. The molecular weight excluding hydrogens is 300 g/mol. The second-order valence-corrected chi connectivity index (χ2v) is 6.56. The molecule has 0 aliphatic rings. The predicted octanol–water partition coefficient (Wildman–Crippen LogP) is 3.61. The zero-order valence-electron chi connectivity index (χ0n) is 12.6. The molecule has 0 heterocycles. The highest BCUT2D eigenvalue weighted by atomic mass is 32.2. The summed E-state index contributed by atoms with van der Waals surface area (Å²) in [5, 5.41) is 0. The molecule has 0 aromatic heterocycles. The molecule has 0 aliphatic heterocycles. The van der Waals surface area contributed by atoms with E-state index in [1.807, 2.05) is 0 Å². The van der Waals surface area contributed by atoms with E-state index in [4.69, 9.17) is 4.18 Å². The number of hydrogen-bond donors (Lipinski definition) is 0. The van der Waals surface area contributed by atoms with Crippen molar-refractivity contribution >= 4 is 15.9 Å². The lowest BCUT2D eigenvalue weighted by Gasteiger charge is -2.08. The van der Waals surface area contributed by atoms with Crippen LogP contribution in [0.2, 0.25) is 0 Å². The van der Waals surface area contributed by atoms with Crippen LogP contribution in [-0.4, -0.2) is 14.2 Å². The third kappa shape index (κ3) is 3.95. The summed E-state index contributed by atoms with van der Waals surface area (Å²) in [5.41, 5.74) is 1.49. The molecular formula is C17H18O4S. The van der Waals surface area contributed by atoms with E-state index in [0.29, 0.717) is 5.56 Å². The van der Waals surface area contributed by atoms with Crippen LogP contribution < -0.4 is 4.18 Å². The molecule has 0 saturated carbocycles. The van der Waals surface area contributed by atoms with E-state index in [-0.39, 0.29) is 16.4 Å². The third-order valence-corrected chi connectivity index (χ3v) is 4.46. The van der Waals surface area contributed by atoms with Crippen LogP contribution in [0.4, 0.5) is 0 Å². The van der Waals surface area contributed by atoms with Gasteiger partial charge in [-0.15, -0.1) is 0 Å². The van der Waals surface area contributed by atoms with E-state index in [9.17, 15) is 13.2 Å². The van der Waals surface area contributed by atoms with Gasteiger partial charge in [-0.25, -0.2) is 0 Å². The molecule has 22 heavy (non-hydrogen) atoms. The van der Waals surface area contributed by atoms with Gasteiger partial charge >= 0.3 is 10.1 Å². The van der Waals surface area contributed by atoms with Gasteiger partial charge in [0, 0.05) is 5.56 Å². The molecule has 5 heteroatoms. The smallest absolute Gasteiger partial charge is 0.339 e. The lowest BCUT2D eigenvalue weighted by molar-refractivity contribution is 0.101. The highest BCUT2D eigenvalue weighted by Crippen LogP contribution is 2.20. The van der Waals surface area contributed by atoms with Gasteiger partial charge in [0.25, 0.3) is 0 Å². The molecule has 2 aromatic carbocycles. The van der Waals surface area contributed by atoms with Crippen molar-refractivity contribution in [3.8, 4) is 5.75 Å². The van der Waals surface area contributed by atoms with Crippen LogP contribution in [0, 0.1) is 0 Å². The molecule has 0 spiro atoms. The first-order chi connectivity index (χ1) is 10.4. The fourth-order valence-corrected chi connectivity index (χ4v) is 2.98. The van der Waals surface area contributed by atoms with Crippen LogP contribution in [-0.2, 0) is 16.5 Å².